The minimum atomic E-state index is -0.00413. The Hall–Kier alpha value is -0.310. The van der Waals surface area contributed by atoms with Crippen molar-refractivity contribution in [3.8, 4) is 12.3 Å². The van der Waals surface area contributed by atoms with Crippen molar-refractivity contribution in [2.45, 2.75) is 25.5 Å². The second-order valence-electron chi connectivity index (χ2n) is 3.54. The van der Waals surface area contributed by atoms with E-state index in [0.29, 0.717) is 19.1 Å². The molecule has 0 fully saturated rings. The predicted molar refractivity (Wildman–Crippen MR) is 67.6 cm³/mol. The zero-order valence-corrected chi connectivity index (χ0v) is 11.0. The molecule has 0 unspecified atom stereocenters. The first-order chi connectivity index (χ1) is 6.98. The Labute approximate surface area is 99.5 Å². The molecule has 86 valence electrons. The average molecular weight is 247 g/mol. The van der Waals surface area contributed by atoms with Gasteiger partial charge in [0.25, 0.3) is 0 Å². The van der Waals surface area contributed by atoms with E-state index >= 15 is 0 Å². The number of hydrogen-bond donors (Lipinski definition) is 1. The van der Waals surface area contributed by atoms with Gasteiger partial charge in [0.15, 0.2) is 0 Å². The Bertz CT molecular complexity index is 236. The lowest BCUT2D eigenvalue weighted by Crippen LogP contribution is -2.34. The summed E-state index contributed by atoms with van der Waals surface area (Å²) in [5.74, 6) is 2.97. The van der Waals surface area contributed by atoms with Crippen LogP contribution in [0, 0.1) is 12.3 Å². The normalized spacial score (nSPS) is 10.8. The highest BCUT2D eigenvalue weighted by Crippen LogP contribution is 2.34. The summed E-state index contributed by atoms with van der Waals surface area (Å²) in [6.45, 7) is 6.66. The molecule has 15 heavy (non-hydrogen) atoms. The largest absolute Gasteiger partial charge is 0.357 e. The SMILES string of the molecule is C#CCOCSSC(C)(C)CNC(C)=O. The van der Waals surface area contributed by atoms with E-state index in [2.05, 4.69) is 25.1 Å². The first kappa shape index (κ1) is 14.7. The van der Waals surface area contributed by atoms with Crippen molar-refractivity contribution in [2.24, 2.45) is 0 Å². The van der Waals surface area contributed by atoms with Crippen LogP contribution in [-0.2, 0) is 9.53 Å². The van der Waals surface area contributed by atoms with Gasteiger partial charge >= 0.3 is 0 Å². The van der Waals surface area contributed by atoms with Gasteiger partial charge in [0.1, 0.15) is 12.5 Å². The summed E-state index contributed by atoms with van der Waals surface area (Å²) >= 11 is 0. The highest BCUT2D eigenvalue weighted by molar-refractivity contribution is 8.77. The highest BCUT2D eigenvalue weighted by Gasteiger charge is 2.19. The summed E-state index contributed by atoms with van der Waals surface area (Å²) in [5.41, 5.74) is 0. The second kappa shape index (κ2) is 7.91. The van der Waals surface area contributed by atoms with Crippen LogP contribution in [0.25, 0.3) is 0 Å². The van der Waals surface area contributed by atoms with Crippen LogP contribution in [-0.4, -0.2) is 29.7 Å². The van der Waals surface area contributed by atoms with E-state index in [1.165, 1.54) is 6.92 Å². The summed E-state index contributed by atoms with van der Waals surface area (Å²) in [7, 11) is 3.28. The molecule has 0 heterocycles. The summed E-state index contributed by atoms with van der Waals surface area (Å²) in [5, 5.41) is 2.79. The van der Waals surface area contributed by atoms with Gasteiger partial charge in [-0.25, -0.2) is 0 Å². The minimum Gasteiger partial charge on any atom is -0.357 e. The number of rotatable bonds is 7. The standard InChI is InChI=1S/C10H17NO2S2/c1-5-6-13-8-14-15-10(3,4)7-11-9(2)12/h1H,6-8H2,2-4H3,(H,11,12). The third kappa shape index (κ3) is 9.98. The lowest BCUT2D eigenvalue weighted by Gasteiger charge is -2.22. The number of carbonyl (C=O) groups excluding carboxylic acids is 1. The van der Waals surface area contributed by atoms with E-state index in [0.717, 1.165) is 0 Å². The first-order valence-corrected chi connectivity index (χ1v) is 6.86. The van der Waals surface area contributed by atoms with E-state index in [-0.39, 0.29) is 10.7 Å². The molecule has 0 aromatic heterocycles. The molecule has 0 aliphatic rings. The molecule has 1 N–H and O–H groups in total. The van der Waals surface area contributed by atoms with Gasteiger partial charge in [-0.2, -0.15) is 0 Å². The lowest BCUT2D eigenvalue weighted by molar-refractivity contribution is -0.119. The number of ether oxygens (including phenoxy) is 1. The molecule has 3 nitrogen and oxygen atoms in total. The molecule has 0 bridgehead atoms. The zero-order valence-electron chi connectivity index (χ0n) is 9.33. The van der Waals surface area contributed by atoms with Crippen LogP contribution in [0.15, 0.2) is 0 Å². The van der Waals surface area contributed by atoms with Crippen molar-refractivity contribution in [2.75, 3.05) is 19.1 Å². The van der Waals surface area contributed by atoms with Crippen molar-refractivity contribution in [1.82, 2.24) is 5.32 Å². The molecule has 0 aromatic carbocycles. The molecule has 0 atom stereocenters. The smallest absolute Gasteiger partial charge is 0.216 e. The molecular formula is C10H17NO2S2. The van der Waals surface area contributed by atoms with Gasteiger partial charge in [0.05, 0.1) is 0 Å². The number of carbonyl (C=O) groups is 1. The zero-order chi connectivity index (χ0) is 11.7. The molecule has 0 saturated carbocycles. The summed E-state index contributed by atoms with van der Waals surface area (Å²) < 4.78 is 5.12. The fourth-order valence-electron chi connectivity index (χ4n) is 0.685. The van der Waals surface area contributed by atoms with Crippen molar-refractivity contribution < 1.29 is 9.53 Å². The number of terminal acetylenes is 1. The molecule has 5 heteroatoms. The maximum atomic E-state index is 10.7. The average Bonchev–Trinajstić information content (AvgIpc) is 2.15. The Morgan fingerprint density at radius 2 is 2.27 bits per heavy atom. The van der Waals surface area contributed by atoms with Crippen molar-refractivity contribution in [1.29, 1.82) is 0 Å². The molecular weight excluding hydrogens is 230 g/mol. The molecule has 0 aliphatic carbocycles. The fraction of sp³-hybridized carbons (Fsp3) is 0.700. The quantitative estimate of drug-likeness (QED) is 0.323. The Morgan fingerprint density at radius 3 is 2.80 bits per heavy atom. The van der Waals surface area contributed by atoms with Crippen LogP contribution >= 0.6 is 21.6 Å². The van der Waals surface area contributed by atoms with Crippen LogP contribution < -0.4 is 5.32 Å². The van der Waals surface area contributed by atoms with Crippen LogP contribution in [0.2, 0.25) is 0 Å². The molecule has 0 aromatic rings. The number of hydrogen-bond acceptors (Lipinski definition) is 4. The van der Waals surface area contributed by atoms with Crippen molar-refractivity contribution in [3.05, 3.63) is 0 Å². The van der Waals surface area contributed by atoms with Gasteiger partial charge in [-0.15, -0.1) is 6.42 Å². The monoisotopic (exact) mass is 247 g/mol. The second-order valence-corrected chi connectivity index (χ2v) is 6.49. The fourth-order valence-corrected chi connectivity index (χ4v) is 2.82. The van der Waals surface area contributed by atoms with Crippen LogP contribution in [0.1, 0.15) is 20.8 Å². The minimum absolute atomic E-state index is 0.00254. The van der Waals surface area contributed by atoms with Crippen molar-refractivity contribution >= 4 is 27.5 Å². The summed E-state index contributed by atoms with van der Waals surface area (Å²) in [4.78, 5) is 10.7. The Balaban J connectivity index is 3.56. The molecule has 1 amide bonds. The van der Waals surface area contributed by atoms with E-state index < -0.39 is 0 Å². The summed E-state index contributed by atoms with van der Waals surface area (Å²) in [6.07, 6.45) is 5.04. The Kier molecular flexibility index (Phi) is 7.75. The van der Waals surface area contributed by atoms with E-state index in [9.17, 15) is 4.79 Å². The molecule has 0 spiro atoms. The Morgan fingerprint density at radius 1 is 1.60 bits per heavy atom. The topological polar surface area (TPSA) is 38.3 Å². The maximum absolute atomic E-state index is 10.7. The van der Waals surface area contributed by atoms with E-state index in [1.54, 1.807) is 21.6 Å². The van der Waals surface area contributed by atoms with E-state index in [1.807, 2.05) is 0 Å². The van der Waals surface area contributed by atoms with Crippen LogP contribution in [0.4, 0.5) is 0 Å². The lowest BCUT2D eigenvalue weighted by atomic mass is 10.2. The van der Waals surface area contributed by atoms with Gasteiger partial charge in [-0.05, 0) is 13.8 Å². The van der Waals surface area contributed by atoms with Crippen LogP contribution in [0.3, 0.4) is 0 Å². The van der Waals surface area contributed by atoms with Gasteiger partial charge in [0, 0.05) is 18.2 Å². The summed E-state index contributed by atoms with van der Waals surface area (Å²) in [6, 6.07) is 0. The van der Waals surface area contributed by atoms with Crippen LogP contribution in [0.5, 0.6) is 0 Å². The first-order valence-electron chi connectivity index (χ1n) is 4.54. The van der Waals surface area contributed by atoms with Crippen molar-refractivity contribution in [3.63, 3.8) is 0 Å². The molecule has 0 radical (unpaired) electrons. The van der Waals surface area contributed by atoms with Gasteiger partial charge in [-0.1, -0.05) is 27.5 Å². The predicted octanol–water partition coefficient (Wildman–Crippen LogP) is 1.89. The molecule has 0 saturated heterocycles. The van der Waals surface area contributed by atoms with E-state index in [4.69, 9.17) is 11.2 Å². The molecule has 0 rings (SSSR count). The number of nitrogens with one attached hydrogen (secondary N) is 1. The van der Waals surface area contributed by atoms with Gasteiger partial charge < -0.3 is 10.1 Å². The van der Waals surface area contributed by atoms with Gasteiger partial charge in [-0.3, -0.25) is 4.79 Å². The number of amides is 1. The maximum Gasteiger partial charge on any atom is 0.216 e. The third-order valence-electron chi connectivity index (χ3n) is 1.36. The van der Waals surface area contributed by atoms with Gasteiger partial charge in [0.2, 0.25) is 5.91 Å². The molecule has 0 aliphatic heterocycles. The highest BCUT2D eigenvalue weighted by atomic mass is 33.1. The third-order valence-corrected chi connectivity index (χ3v) is 4.34.